The van der Waals surface area contributed by atoms with E-state index >= 15 is 0 Å². The minimum atomic E-state index is -0.568. The molecule has 0 bridgehead atoms. The Hall–Kier alpha value is -2.60. The second kappa shape index (κ2) is 7.98. The van der Waals surface area contributed by atoms with Crippen molar-refractivity contribution < 1.29 is 19.0 Å². The van der Waals surface area contributed by atoms with E-state index in [2.05, 4.69) is 5.32 Å². The molecule has 2 aromatic carbocycles. The second-order valence-corrected chi connectivity index (χ2v) is 5.84. The van der Waals surface area contributed by atoms with Crippen molar-refractivity contribution in [3.05, 3.63) is 59.7 Å². The Bertz CT molecular complexity index is 738. The number of nitrogens with zero attached hydrogens (tertiary/aromatic N) is 1. The summed E-state index contributed by atoms with van der Waals surface area (Å²) in [7, 11) is 0. The van der Waals surface area contributed by atoms with Gasteiger partial charge in [0.15, 0.2) is 0 Å². The molecule has 2 aromatic rings. The van der Waals surface area contributed by atoms with E-state index in [1.54, 1.807) is 29.2 Å². The zero-order chi connectivity index (χ0) is 17.6. The summed E-state index contributed by atoms with van der Waals surface area (Å²) < 4.78 is 17.4. The third kappa shape index (κ3) is 3.91. The summed E-state index contributed by atoms with van der Waals surface area (Å²) in [5, 5.41) is 12.6. The lowest BCUT2D eigenvalue weighted by Crippen LogP contribution is -2.43. The average Bonchev–Trinajstić information content (AvgIpc) is 2.65. The molecule has 0 unspecified atom stereocenters. The molecule has 0 aromatic heterocycles. The zero-order valence-corrected chi connectivity index (χ0v) is 13.8. The minimum Gasteiger partial charge on any atom is -0.491 e. The van der Waals surface area contributed by atoms with E-state index in [4.69, 9.17) is 4.74 Å². The van der Waals surface area contributed by atoms with Gasteiger partial charge in [0.25, 0.3) is 0 Å². The van der Waals surface area contributed by atoms with Crippen LogP contribution in [0.3, 0.4) is 0 Å². The Balaban J connectivity index is 1.73. The Morgan fingerprint density at radius 1 is 1.28 bits per heavy atom. The highest BCUT2D eigenvalue weighted by Crippen LogP contribution is 2.30. The number of carbonyl (C=O) groups is 1. The number of hydrogen-bond acceptors (Lipinski definition) is 3. The lowest BCUT2D eigenvalue weighted by atomic mass is 9.93. The molecule has 5 nitrogen and oxygen atoms in total. The van der Waals surface area contributed by atoms with Crippen molar-refractivity contribution in [2.24, 2.45) is 0 Å². The van der Waals surface area contributed by atoms with Crippen LogP contribution in [-0.4, -0.2) is 42.5 Å². The molecular formula is C19H21FN2O3. The number of anilines is 1. The molecule has 0 aliphatic carbocycles. The number of hydrogen-bond donors (Lipinski definition) is 2. The van der Waals surface area contributed by atoms with E-state index in [9.17, 15) is 14.3 Å². The molecule has 0 fully saturated rings. The Labute approximate surface area is 146 Å². The monoisotopic (exact) mass is 344 g/mol. The van der Waals surface area contributed by atoms with Crippen LogP contribution >= 0.6 is 0 Å². The van der Waals surface area contributed by atoms with E-state index in [0.29, 0.717) is 18.0 Å². The van der Waals surface area contributed by atoms with Crippen LogP contribution in [0.2, 0.25) is 0 Å². The number of aliphatic hydroxyl groups excluding tert-OH is 1. The van der Waals surface area contributed by atoms with Gasteiger partial charge in [-0.15, -0.1) is 0 Å². The number of urea groups is 1. The quantitative estimate of drug-likeness (QED) is 0.876. The third-order valence-electron chi connectivity index (χ3n) is 4.28. The maximum Gasteiger partial charge on any atom is 0.322 e. The Morgan fingerprint density at radius 3 is 2.92 bits per heavy atom. The summed E-state index contributed by atoms with van der Waals surface area (Å²) >= 11 is 0. The molecule has 3 rings (SSSR count). The Morgan fingerprint density at radius 2 is 2.12 bits per heavy atom. The predicted octanol–water partition coefficient (Wildman–Crippen LogP) is 3.16. The smallest absolute Gasteiger partial charge is 0.322 e. The van der Waals surface area contributed by atoms with Crippen molar-refractivity contribution in [2.75, 3.05) is 31.7 Å². The number of rotatable bonds is 5. The first-order valence-electron chi connectivity index (χ1n) is 8.28. The number of halogens is 1. The second-order valence-electron chi connectivity index (χ2n) is 5.84. The van der Waals surface area contributed by atoms with Gasteiger partial charge in [-0.1, -0.05) is 30.3 Å². The lowest BCUT2D eigenvalue weighted by molar-refractivity contribution is 0.135. The topological polar surface area (TPSA) is 61.8 Å². The highest BCUT2D eigenvalue weighted by molar-refractivity contribution is 5.90. The van der Waals surface area contributed by atoms with Crippen molar-refractivity contribution in [3.63, 3.8) is 0 Å². The van der Waals surface area contributed by atoms with Gasteiger partial charge in [0, 0.05) is 18.3 Å². The van der Waals surface area contributed by atoms with E-state index in [1.807, 2.05) is 24.3 Å². The molecule has 0 saturated heterocycles. The maximum absolute atomic E-state index is 12.7. The van der Waals surface area contributed by atoms with Crippen LogP contribution in [0.5, 0.6) is 5.75 Å². The number of nitrogens with one attached hydrogen (secondary N) is 1. The lowest BCUT2D eigenvalue weighted by Gasteiger charge is -2.36. The molecule has 1 aliphatic rings. The molecule has 1 heterocycles. The van der Waals surface area contributed by atoms with Gasteiger partial charge in [-0.3, -0.25) is 0 Å². The SMILES string of the molecule is O=C(Nc1cccc(OCCF)c1)N1CCc2ccccc2[C@@H]1CO. The number of amides is 2. The minimum absolute atomic E-state index is 0.0209. The number of fused-ring (bicyclic) bond motifs is 1. The largest absolute Gasteiger partial charge is 0.491 e. The van der Waals surface area contributed by atoms with Crippen molar-refractivity contribution in [1.29, 1.82) is 0 Å². The first kappa shape index (κ1) is 17.2. The van der Waals surface area contributed by atoms with Gasteiger partial charge in [-0.05, 0) is 29.7 Å². The van der Waals surface area contributed by atoms with E-state index < -0.39 is 6.67 Å². The van der Waals surface area contributed by atoms with Crippen molar-refractivity contribution in [2.45, 2.75) is 12.5 Å². The Kier molecular flexibility index (Phi) is 5.50. The maximum atomic E-state index is 12.7. The fraction of sp³-hybridized carbons (Fsp3) is 0.316. The van der Waals surface area contributed by atoms with Crippen LogP contribution in [0.15, 0.2) is 48.5 Å². The van der Waals surface area contributed by atoms with Gasteiger partial charge < -0.3 is 20.1 Å². The summed E-state index contributed by atoms with van der Waals surface area (Å²) in [6.45, 7) is -0.189. The summed E-state index contributed by atoms with van der Waals surface area (Å²) in [5.41, 5.74) is 2.70. The van der Waals surface area contributed by atoms with Crippen LogP contribution in [0.25, 0.3) is 0 Å². The molecule has 0 spiro atoms. The molecule has 1 atom stereocenters. The highest BCUT2D eigenvalue weighted by atomic mass is 19.1. The first-order chi connectivity index (χ1) is 12.2. The average molecular weight is 344 g/mol. The molecule has 132 valence electrons. The van der Waals surface area contributed by atoms with Gasteiger partial charge >= 0.3 is 6.03 Å². The molecule has 2 N–H and O–H groups in total. The fourth-order valence-corrected chi connectivity index (χ4v) is 3.11. The summed E-state index contributed by atoms with van der Waals surface area (Å²) in [5.74, 6) is 0.498. The van der Waals surface area contributed by atoms with Gasteiger partial charge in [0.1, 0.15) is 19.0 Å². The van der Waals surface area contributed by atoms with Crippen LogP contribution in [0, 0.1) is 0 Å². The standard InChI is InChI=1S/C19H21FN2O3/c20-9-11-25-16-6-3-5-15(12-16)21-19(24)22-10-8-14-4-1-2-7-17(14)18(22)13-23/h1-7,12,18,23H,8-11,13H2,(H,21,24)/t18-/m0/s1. The van der Waals surface area contributed by atoms with Gasteiger partial charge in [-0.2, -0.15) is 0 Å². The van der Waals surface area contributed by atoms with E-state index in [0.717, 1.165) is 17.5 Å². The summed E-state index contributed by atoms with van der Waals surface area (Å²) in [6.07, 6.45) is 0.750. The highest BCUT2D eigenvalue weighted by Gasteiger charge is 2.30. The van der Waals surface area contributed by atoms with Crippen LogP contribution in [0.4, 0.5) is 14.9 Å². The molecular weight excluding hydrogens is 323 g/mol. The number of ether oxygens (including phenoxy) is 1. The van der Waals surface area contributed by atoms with Crippen LogP contribution in [0.1, 0.15) is 17.2 Å². The molecule has 2 amide bonds. The van der Waals surface area contributed by atoms with Gasteiger partial charge in [0.05, 0.1) is 12.6 Å². The zero-order valence-electron chi connectivity index (χ0n) is 13.8. The number of benzene rings is 2. The summed E-state index contributed by atoms with van der Waals surface area (Å²) in [4.78, 5) is 14.3. The number of alkyl halides is 1. The van der Waals surface area contributed by atoms with Gasteiger partial charge in [-0.25, -0.2) is 9.18 Å². The number of carbonyl (C=O) groups excluding carboxylic acids is 1. The first-order valence-corrected chi connectivity index (χ1v) is 8.28. The third-order valence-corrected chi connectivity index (χ3v) is 4.28. The van der Waals surface area contributed by atoms with Crippen LogP contribution < -0.4 is 10.1 Å². The fourth-order valence-electron chi connectivity index (χ4n) is 3.11. The van der Waals surface area contributed by atoms with Crippen molar-refractivity contribution in [1.82, 2.24) is 4.90 Å². The van der Waals surface area contributed by atoms with Crippen LogP contribution in [-0.2, 0) is 6.42 Å². The molecule has 25 heavy (non-hydrogen) atoms. The molecule has 0 radical (unpaired) electrons. The van der Waals surface area contributed by atoms with Crippen molar-refractivity contribution >= 4 is 11.7 Å². The number of aliphatic hydroxyl groups is 1. The van der Waals surface area contributed by atoms with Crippen molar-refractivity contribution in [3.8, 4) is 5.75 Å². The molecule has 6 heteroatoms. The van der Waals surface area contributed by atoms with Gasteiger partial charge in [0.2, 0.25) is 0 Å². The summed E-state index contributed by atoms with van der Waals surface area (Å²) in [6, 6.07) is 14.0. The van der Waals surface area contributed by atoms with E-state index in [1.165, 1.54) is 0 Å². The normalized spacial score (nSPS) is 16.2. The molecule has 1 aliphatic heterocycles. The predicted molar refractivity (Wildman–Crippen MR) is 93.6 cm³/mol. The molecule has 0 saturated carbocycles. The van der Waals surface area contributed by atoms with E-state index in [-0.39, 0.29) is 25.3 Å².